The molecule has 5 aromatic rings. The van der Waals surface area contributed by atoms with E-state index < -0.39 is 0 Å². The third-order valence-electron chi connectivity index (χ3n) is 5.97. The van der Waals surface area contributed by atoms with Gasteiger partial charge in [0, 0.05) is 42.9 Å². The summed E-state index contributed by atoms with van der Waals surface area (Å²) in [6, 6.07) is 23.5. The fourth-order valence-corrected chi connectivity index (χ4v) is 4.33. The number of fused-ring (bicyclic) bond motifs is 4. The van der Waals surface area contributed by atoms with Crippen molar-refractivity contribution in [2.45, 2.75) is 5.92 Å². The zero-order valence-corrected chi connectivity index (χ0v) is 18.2. The van der Waals surface area contributed by atoms with Gasteiger partial charge in [0.15, 0.2) is 11.5 Å². The van der Waals surface area contributed by atoms with Crippen molar-refractivity contribution in [2.75, 3.05) is 19.0 Å². The Morgan fingerprint density at radius 1 is 0.970 bits per heavy atom. The number of hydrogen-bond acceptors (Lipinski definition) is 6. The molecule has 0 saturated heterocycles. The Labute approximate surface area is 190 Å². The Hall–Kier alpha value is -4.39. The Morgan fingerprint density at radius 3 is 2.52 bits per heavy atom. The molecular formula is C26H21N5O2. The van der Waals surface area contributed by atoms with E-state index in [2.05, 4.69) is 22.0 Å². The van der Waals surface area contributed by atoms with Crippen molar-refractivity contribution in [1.29, 1.82) is 0 Å². The number of aromatic nitrogens is 4. The number of aromatic hydroxyl groups is 1. The van der Waals surface area contributed by atoms with E-state index in [0.717, 1.165) is 27.9 Å². The average molecular weight is 435 g/mol. The molecule has 7 nitrogen and oxygen atoms in total. The minimum atomic E-state index is -0.157. The van der Waals surface area contributed by atoms with E-state index in [1.54, 1.807) is 23.0 Å². The highest BCUT2D eigenvalue weighted by molar-refractivity contribution is 5.69. The average Bonchev–Trinajstić information content (AvgIpc) is 3.28. The quantitative estimate of drug-likeness (QED) is 0.428. The lowest BCUT2D eigenvalue weighted by molar-refractivity contribution is 0.422. The van der Waals surface area contributed by atoms with Crippen LogP contribution in [0.2, 0.25) is 0 Å². The van der Waals surface area contributed by atoms with Crippen LogP contribution in [0.25, 0.3) is 17.0 Å². The second-order valence-corrected chi connectivity index (χ2v) is 8.28. The van der Waals surface area contributed by atoms with E-state index in [0.29, 0.717) is 23.1 Å². The van der Waals surface area contributed by atoms with Gasteiger partial charge in [-0.25, -0.2) is 14.5 Å². The fourth-order valence-electron chi connectivity index (χ4n) is 4.33. The smallest absolute Gasteiger partial charge is 0.228 e. The van der Waals surface area contributed by atoms with Crippen molar-refractivity contribution >= 4 is 11.3 Å². The first-order valence-electron chi connectivity index (χ1n) is 10.7. The second-order valence-electron chi connectivity index (χ2n) is 8.28. The molecule has 3 aromatic carbocycles. The van der Waals surface area contributed by atoms with E-state index in [9.17, 15) is 5.11 Å². The highest BCUT2D eigenvalue weighted by atomic mass is 16.5. The van der Waals surface area contributed by atoms with Crippen LogP contribution in [-0.2, 0) is 0 Å². The molecule has 1 aliphatic rings. The van der Waals surface area contributed by atoms with Gasteiger partial charge < -0.3 is 14.7 Å². The van der Waals surface area contributed by atoms with Crippen LogP contribution in [0, 0.1) is 0 Å². The molecular weight excluding hydrogens is 414 g/mol. The van der Waals surface area contributed by atoms with Gasteiger partial charge in [-0.1, -0.05) is 36.4 Å². The predicted molar refractivity (Wildman–Crippen MR) is 126 cm³/mol. The zero-order chi connectivity index (χ0) is 22.5. The van der Waals surface area contributed by atoms with Gasteiger partial charge in [-0.05, 0) is 35.9 Å². The summed E-state index contributed by atoms with van der Waals surface area (Å²) >= 11 is 0. The van der Waals surface area contributed by atoms with Gasteiger partial charge in [-0.3, -0.25) is 0 Å². The minimum absolute atomic E-state index is 0.149. The largest absolute Gasteiger partial charge is 0.508 e. The van der Waals surface area contributed by atoms with Gasteiger partial charge in [0.1, 0.15) is 17.8 Å². The monoisotopic (exact) mass is 435 g/mol. The van der Waals surface area contributed by atoms with Crippen molar-refractivity contribution in [2.24, 2.45) is 0 Å². The molecule has 0 spiro atoms. The van der Waals surface area contributed by atoms with Gasteiger partial charge >= 0.3 is 0 Å². The summed E-state index contributed by atoms with van der Waals surface area (Å²) in [6.07, 6.45) is 1.62. The third-order valence-corrected chi connectivity index (χ3v) is 5.97. The molecule has 3 heterocycles. The summed E-state index contributed by atoms with van der Waals surface area (Å²) in [5, 5.41) is 14.7. The number of benzene rings is 3. The van der Waals surface area contributed by atoms with Crippen molar-refractivity contribution in [1.82, 2.24) is 19.6 Å². The summed E-state index contributed by atoms with van der Waals surface area (Å²) in [6.45, 7) is 0. The number of hydrogen-bond donors (Lipinski definition) is 1. The molecule has 162 valence electrons. The lowest BCUT2D eigenvalue weighted by Gasteiger charge is -2.27. The maximum absolute atomic E-state index is 10.0. The highest BCUT2D eigenvalue weighted by Crippen LogP contribution is 2.48. The van der Waals surface area contributed by atoms with Crippen molar-refractivity contribution in [3.05, 3.63) is 95.8 Å². The van der Waals surface area contributed by atoms with E-state index in [1.807, 2.05) is 62.6 Å². The van der Waals surface area contributed by atoms with Gasteiger partial charge in [0.05, 0.1) is 5.56 Å². The molecule has 6 rings (SSSR count). The Morgan fingerprint density at radius 2 is 1.76 bits per heavy atom. The summed E-state index contributed by atoms with van der Waals surface area (Å²) in [7, 11) is 4.02. The van der Waals surface area contributed by atoms with Crippen LogP contribution in [0.1, 0.15) is 22.6 Å². The van der Waals surface area contributed by atoms with Crippen LogP contribution in [-0.4, -0.2) is 38.8 Å². The first-order valence-corrected chi connectivity index (χ1v) is 10.7. The lowest BCUT2D eigenvalue weighted by Crippen LogP contribution is -2.14. The number of phenols is 1. The van der Waals surface area contributed by atoms with E-state index in [1.165, 1.54) is 0 Å². The molecule has 1 unspecified atom stereocenters. The molecule has 1 aliphatic heterocycles. The fraction of sp³-hybridized carbons (Fsp3) is 0.115. The molecule has 0 bridgehead atoms. The van der Waals surface area contributed by atoms with E-state index in [4.69, 9.17) is 14.8 Å². The van der Waals surface area contributed by atoms with Crippen LogP contribution >= 0.6 is 0 Å². The predicted octanol–water partition coefficient (Wildman–Crippen LogP) is 4.85. The summed E-state index contributed by atoms with van der Waals surface area (Å²) in [5.41, 5.74) is 5.62. The number of phenolic OH excluding ortho intramolecular Hbond substituents is 1. The molecule has 0 amide bonds. The summed E-state index contributed by atoms with van der Waals surface area (Å²) in [5.74, 6) is 1.67. The maximum atomic E-state index is 10.0. The number of rotatable bonds is 3. The first kappa shape index (κ1) is 19.3. The van der Waals surface area contributed by atoms with Gasteiger partial charge in [0.2, 0.25) is 5.88 Å². The van der Waals surface area contributed by atoms with Crippen LogP contribution < -0.4 is 9.64 Å². The molecule has 0 aliphatic carbocycles. The van der Waals surface area contributed by atoms with Gasteiger partial charge in [-0.15, -0.1) is 5.10 Å². The number of nitrogens with zero attached hydrogens (tertiary/aromatic N) is 5. The van der Waals surface area contributed by atoms with Gasteiger partial charge in [-0.2, -0.15) is 0 Å². The van der Waals surface area contributed by atoms with Gasteiger partial charge in [0.25, 0.3) is 0 Å². The molecule has 0 radical (unpaired) electrons. The van der Waals surface area contributed by atoms with Crippen molar-refractivity contribution in [3.63, 3.8) is 0 Å². The number of anilines is 1. The Bertz CT molecular complexity index is 1480. The minimum Gasteiger partial charge on any atom is -0.508 e. The van der Waals surface area contributed by atoms with Crippen molar-refractivity contribution < 1.29 is 9.84 Å². The maximum Gasteiger partial charge on any atom is 0.228 e. The van der Waals surface area contributed by atoms with Crippen LogP contribution in [0.3, 0.4) is 0 Å². The zero-order valence-electron chi connectivity index (χ0n) is 18.2. The topological polar surface area (TPSA) is 75.8 Å². The third kappa shape index (κ3) is 3.17. The molecule has 0 fully saturated rings. The lowest BCUT2D eigenvalue weighted by atomic mass is 9.84. The standard InChI is InChI=1S/C26H21N5O2/c1-30(2)18-10-8-17(9-11-18)24-28-25-23-22(16-6-4-3-5-7-16)20-13-12-19(32)14-21(20)33-26(23)27-15-31(25)29-24/h3-15,22,32H,1-2H3. The SMILES string of the molecule is CN(C)c1ccc(-c2nc3c4c(ncn3n2)Oc2cc(O)ccc2C4c2ccccc2)cc1. The van der Waals surface area contributed by atoms with E-state index >= 15 is 0 Å². The summed E-state index contributed by atoms with van der Waals surface area (Å²) < 4.78 is 7.82. The normalized spacial score (nSPS) is 14.4. The van der Waals surface area contributed by atoms with Crippen LogP contribution in [0.4, 0.5) is 5.69 Å². The molecule has 1 N–H and O–H groups in total. The Kier molecular flexibility index (Phi) is 4.29. The molecule has 7 heteroatoms. The highest BCUT2D eigenvalue weighted by Gasteiger charge is 2.33. The van der Waals surface area contributed by atoms with Crippen LogP contribution in [0.15, 0.2) is 79.1 Å². The molecule has 33 heavy (non-hydrogen) atoms. The van der Waals surface area contributed by atoms with Crippen molar-refractivity contribution in [3.8, 4) is 28.8 Å². The molecule has 2 aromatic heterocycles. The van der Waals surface area contributed by atoms with E-state index in [-0.39, 0.29) is 11.7 Å². The first-order chi connectivity index (χ1) is 16.1. The Balaban J connectivity index is 1.55. The second kappa shape index (κ2) is 7.34. The molecule has 0 saturated carbocycles. The molecule has 1 atom stereocenters. The summed E-state index contributed by atoms with van der Waals surface area (Å²) in [4.78, 5) is 11.5. The van der Waals surface area contributed by atoms with Crippen LogP contribution in [0.5, 0.6) is 17.4 Å². The number of ether oxygens (including phenoxy) is 1.